The third kappa shape index (κ3) is 11.9. The number of aromatic nitrogens is 2. The molecule has 0 bridgehead atoms. The van der Waals surface area contributed by atoms with E-state index in [2.05, 4.69) is 431 Å². The Bertz CT molecular complexity index is 5690. The first-order chi connectivity index (χ1) is 49.6. The highest BCUT2D eigenvalue weighted by Gasteiger charge is 2.21. The monoisotopic (exact) mass is 1280 g/mol. The van der Waals surface area contributed by atoms with E-state index in [0.717, 1.165) is 45.5 Å². The molecule has 0 amide bonds. The van der Waals surface area contributed by atoms with Gasteiger partial charge in [-0.05, 0) is 176 Å². The van der Waals surface area contributed by atoms with Crippen LogP contribution < -0.4 is 9.80 Å². The van der Waals surface area contributed by atoms with Crippen LogP contribution in [0.15, 0.2) is 413 Å². The number of nitrogens with zero attached hydrogens (tertiary/aromatic N) is 4. The van der Waals surface area contributed by atoms with E-state index < -0.39 is 0 Å². The van der Waals surface area contributed by atoms with E-state index in [1.807, 2.05) is 0 Å². The molecule has 0 aliphatic rings. The van der Waals surface area contributed by atoms with Gasteiger partial charge in [-0.1, -0.05) is 297 Å². The molecular weight excluding hydrogens is 1210 g/mol. The summed E-state index contributed by atoms with van der Waals surface area (Å²) in [5, 5.41) is 5.08. The van der Waals surface area contributed by atoms with Crippen molar-refractivity contribution in [2.45, 2.75) is 0 Å². The highest BCUT2D eigenvalue weighted by molar-refractivity contribution is 6.10. The number of para-hydroxylation sites is 5. The van der Waals surface area contributed by atoms with Crippen LogP contribution in [0.4, 0.5) is 34.1 Å². The Morgan fingerprint density at radius 3 is 0.820 bits per heavy atom. The Balaban J connectivity index is 0.000000150. The molecule has 100 heavy (non-hydrogen) atoms. The molecule has 18 aromatic rings. The Kier molecular flexibility index (Phi) is 16.4. The average Bonchev–Trinajstić information content (AvgIpc) is 1.59. The summed E-state index contributed by atoms with van der Waals surface area (Å²) >= 11 is 0. The zero-order chi connectivity index (χ0) is 66.6. The molecule has 0 N–H and O–H groups in total. The highest BCUT2D eigenvalue weighted by Crippen LogP contribution is 2.44. The summed E-state index contributed by atoms with van der Waals surface area (Å²) in [6.45, 7) is 0. The Morgan fingerprint density at radius 2 is 0.430 bits per heavy atom. The molecule has 0 aliphatic heterocycles. The minimum Gasteiger partial charge on any atom is -0.310 e. The second-order valence-corrected chi connectivity index (χ2v) is 25.2. The minimum absolute atomic E-state index is 1.10. The van der Waals surface area contributed by atoms with Crippen LogP contribution in [0.5, 0.6) is 0 Å². The van der Waals surface area contributed by atoms with Gasteiger partial charge in [0, 0.05) is 66.9 Å². The lowest BCUT2D eigenvalue weighted by Crippen LogP contribution is -2.11. The van der Waals surface area contributed by atoms with Crippen LogP contribution in [0.25, 0.3) is 122 Å². The van der Waals surface area contributed by atoms with E-state index >= 15 is 0 Å². The maximum Gasteiger partial charge on any atom is 0.0541 e. The van der Waals surface area contributed by atoms with Gasteiger partial charge in [0.15, 0.2) is 0 Å². The largest absolute Gasteiger partial charge is 0.310 e. The number of hydrogen-bond acceptors (Lipinski definition) is 2. The van der Waals surface area contributed by atoms with Gasteiger partial charge < -0.3 is 18.9 Å². The van der Waals surface area contributed by atoms with E-state index in [4.69, 9.17) is 0 Å². The number of hydrogen-bond donors (Lipinski definition) is 0. The lowest BCUT2D eigenvalue weighted by atomic mass is 10.00. The molecular formula is C96H68N4. The summed E-state index contributed by atoms with van der Waals surface area (Å²) in [6, 6.07) is 148. The molecule has 4 nitrogen and oxygen atoms in total. The first-order valence-corrected chi connectivity index (χ1v) is 34.2. The van der Waals surface area contributed by atoms with Crippen LogP contribution in [0.1, 0.15) is 0 Å². The summed E-state index contributed by atoms with van der Waals surface area (Å²) < 4.78 is 4.76. The first kappa shape index (κ1) is 60.4. The van der Waals surface area contributed by atoms with Crippen LogP contribution in [0, 0.1) is 0 Å². The molecule has 0 saturated carbocycles. The maximum absolute atomic E-state index is 2.38. The van der Waals surface area contributed by atoms with E-state index in [0.29, 0.717) is 0 Å². The van der Waals surface area contributed by atoms with Gasteiger partial charge in [-0.3, -0.25) is 0 Å². The zero-order valence-corrected chi connectivity index (χ0v) is 55.0. The Hall–Kier alpha value is -13.3. The fourth-order valence-electron chi connectivity index (χ4n) is 14.4. The summed E-state index contributed by atoms with van der Waals surface area (Å²) in [5.41, 5.74) is 28.1. The van der Waals surface area contributed by atoms with Crippen LogP contribution in [-0.4, -0.2) is 9.13 Å². The molecule has 0 fully saturated rings. The molecule has 0 aliphatic carbocycles. The van der Waals surface area contributed by atoms with Crippen molar-refractivity contribution in [2.24, 2.45) is 0 Å². The molecule has 18 rings (SSSR count). The number of benzene rings is 16. The van der Waals surface area contributed by atoms with Crippen LogP contribution in [-0.2, 0) is 0 Å². The molecule has 472 valence electrons. The molecule has 0 unspecified atom stereocenters. The van der Waals surface area contributed by atoms with Crippen LogP contribution >= 0.6 is 0 Å². The lowest BCUT2D eigenvalue weighted by molar-refractivity contribution is 1.18. The van der Waals surface area contributed by atoms with E-state index in [-0.39, 0.29) is 0 Å². The van der Waals surface area contributed by atoms with E-state index in [1.165, 1.54) is 110 Å². The highest BCUT2D eigenvalue weighted by atomic mass is 15.1. The van der Waals surface area contributed by atoms with Gasteiger partial charge in [0.05, 0.1) is 27.8 Å². The van der Waals surface area contributed by atoms with Gasteiger partial charge in [-0.25, -0.2) is 0 Å². The van der Waals surface area contributed by atoms with Crippen molar-refractivity contribution in [3.63, 3.8) is 0 Å². The molecule has 0 atom stereocenters. The molecule has 0 radical (unpaired) electrons. The second kappa shape index (κ2) is 27.1. The summed E-state index contributed by atoms with van der Waals surface area (Å²) in [4.78, 5) is 4.73. The molecule has 0 spiro atoms. The second-order valence-electron chi connectivity index (χ2n) is 25.2. The zero-order valence-electron chi connectivity index (χ0n) is 55.0. The van der Waals surface area contributed by atoms with Gasteiger partial charge in [-0.15, -0.1) is 0 Å². The topological polar surface area (TPSA) is 16.3 Å². The van der Waals surface area contributed by atoms with Crippen molar-refractivity contribution in [3.8, 4) is 78.1 Å². The summed E-state index contributed by atoms with van der Waals surface area (Å²) in [6.07, 6.45) is 0. The smallest absolute Gasteiger partial charge is 0.0541 e. The van der Waals surface area contributed by atoms with Gasteiger partial charge in [0.25, 0.3) is 0 Å². The van der Waals surface area contributed by atoms with Crippen molar-refractivity contribution >= 4 is 77.7 Å². The van der Waals surface area contributed by atoms with Crippen molar-refractivity contribution in [1.82, 2.24) is 9.13 Å². The number of rotatable bonds is 14. The van der Waals surface area contributed by atoms with E-state index in [9.17, 15) is 0 Å². The predicted molar refractivity (Wildman–Crippen MR) is 424 cm³/mol. The molecule has 0 saturated heterocycles. The quantitative estimate of drug-likeness (QED) is 0.108. The van der Waals surface area contributed by atoms with Crippen LogP contribution in [0.3, 0.4) is 0 Å². The van der Waals surface area contributed by atoms with E-state index in [1.54, 1.807) is 0 Å². The van der Waals surface area contributed by atoms with Crippen molar-refractivity contribution in [3.05, 3.63) is 413 Å². The molecule has 16 aromatic carbocycles. The van der Waals surface area contributed by atoms with Crippen molar-refractivity contribution < 1.29 is 0 Å². The number of anilines is 6. The molecule has 2 aromatic heterocycles. The lowest BCUT2D eigenvalue weighted by Gasteiger charge is -2.28. The fraction of sp³-hybridized carbons (Fsp3) is 0. The van der Waals surface area contributed by atoms with Gasteiger partial charge in [0.1, 0.15) is 0 Å². The van der Waals surface area contributed by atoms with Crippen molar-refractivity contribution in [2.75, 3.05) is 9.80 Å². The third-order valence-electron chi connectivity index (χ3n) is 19.2. The predicted octanol–water partition coefficient (Wildman–Crippen LogP) is 26.5. The van der Waals surface area contributed by atoms with Gasteiger partial charge in [-0.2, -0.15) is 0 Å². The summed E-state index contributed by atoms with van der Waals surface area (Å²) in [7, 11) is 0. The number of fused-ring (bicyclic) bond motifs is 6. The fourth-order valence-corrected chi connectivity index (χ4v) is 14.4. The van der Waals surface area contributed by atoms with Crippen molar-refractivity contribution in [1.29, 1.82) is 0 Å². The van der Waals surface area contributed by atoms with Gasteiger partial charge >= 0.3 is 0 Å². The van der Waals surface area contributed by atoms with Gasteiger partial charge in [0.2, 0.25) is 0 Å². The Morgan fingerprint density at radius 1 is 0.160 bits per heavy atom. The molecule has 2 heterocycles. The third-order valence-corrected chi connectivity index (χ3v) is 19.2. The normalized spacial score (nSPS) is 11.2. The molecule has 4 heteroatoms. The standard InChI is InChI=1S/2C48H34N2/c1-3-14-35(15-4-1)36-26-30-40(31-27-36)49(46-23-10-7-20-43(46)38-16-5-2-6-17-38)41-32-28-37(29-33-41)39-18-13-19-42(34-39)50-47-24-11-8-21-44(47)45-22-9-12-25-48(45)50;1-3-14-35(15-4-1)38-18-11-21-42(32-38)49(43-22-12-19-39(33-43)36-16-5-2-6-17-36)41-30-28-37(29-31-41)40-20-13-23-44(34-40)50-47-26-9-7-24-45(47)46-25-8-10-27-48(46)50/h2*1-34H. The maximum atomic E-state index is 2.38. The Labute approximate surface area is 583 Å². The first-order valence-electron chi connectivity index (χ1n) is 34.2. The van der Waals surface area contributed by atoms with Crippen LogP contribution in [0.2, 0.25) is 0 Å². The summed E-state index contributed by atoms with van der Waals surface area (Å²) in [5.74, 6) is 0. The minimum atomic E-state index is 1.10. The SMILES string of the molecule is c1ccc(-c2ccc(N(c3ccc(-c4cccc(-n5c6ccccc6c6ccccc65)c4)cc3)c3ccccc3-c3ccccc3)cc2)cc1.c1ccc(-c2cccc(N(c3ccc(-c4cccc(-n5c6ccccc6c6ccccc65)c4)cc3)c3cccc(-c4ccccc4)c3)c2)cc1. The average molecular weight is 1280 g/mol.